The smallest absolute Gasteiger partial charge is 0.355 e. The van der Waals surface area contributed by atoms with E-state index in [-0.39, 0.29) is 18.1 Å². The van der Waals surface area contributed by atoms with Crippen LogP contribution in [0.15, 0.2) is 24.3 Å². The maximum absolute atomic E-state index is 12.5. The average molecular weight is 330 g/mol. The van der Waals surface area contributed by atoms with Gasteiger partial charge in [0.1, 0.15) is 6.54 Å². The van der Waals surface area contributed by atoms with Gasteiger partial charge in [-0.15, -0.1) is 0 Å². The molecular formula is C16H21F3N2O2. The Kier molecular flexibility index (Phi) is 7.06. The van der Waals surface area contributed by atoms with Crippen molar-refractivity contribution >= 4 is 17.5 Å². The van der Waals surface area contributed by atoms with Gasteiger partial charge in [0.05, 0.1) is 5.56 Å². The van der Waals surface area contributed by atoms with Crippen molar-refractivity contribution in [1.82, 2.24) is 5.32 Å². The normalized spacial score (nSPS) is 11.2. The number of nitrogens with one attached hydrogen (secondary N) is 1. The molecule has 0 spiro atoms. The fourth-order valence-electron chi connectivity index (χ4n) is 2.02. The molecule has 0 aliphatic heterocycles. The molecule has 2 amide bonds. The van der Waals surface area contributed by atoms with Crippen LogP contribution in [0.4, 0.5) is 18.9 Å². The molecule has 4 nitrogen and oxygen atoms in total. The maximum Gasteiger partial charge on any atom is 0.416 e. The van der Waals surface area contributed by atoms with Crippen LogP contribution in [0.5, 0.6) is 0 Å². The summed E-state index contributed by atoms with van der Waals surface area (Å²) >= 11 is 0. The monoisotopic (exact) mass is 330 g/mol. The second-order valence-electron chi connectivity index (χ2n) is 5.21. The molecule has 0 unspecified atom stereocenters. The van der Waals surface area contributed by atoms with Gasteiger partial charge in [0.15, 0.2) is 0 Å². The van der Waals surface area contributed by atoms with Gasteiger partial charge in [-0.1, -0.05) is 19.8 Å². The van der Waals surface area contributed by atoms with E-state index in [1.165, 1.54) is 19.1 Å². The van der Waals surface area contributed by atoms with Crippen molar-refractivity contribution in [2.24, 2.45) is 0 Å². The van der Waals surface area contributed by atoms with Gasteiger partial charge in [-0.3, -0.25) is 9.59 Å². The number of nitrogens with zero attached hydrogens (tertiary/aromatic N) is 1. The fourth-order valence-corrected chi connectivity index (χ4v) is 2.02. The highest BCUT2D eigenvalue weighted by atomic mass is 19.4. The number of benzene rings is 1. The molecular weight excluding hydrogens is 309 g/mol. The van der Waals surface area contributed by atoms with Crippen LogP contribution in [0.25, 0.3) is 0 Å². The van der Waals surface area contributed by atoms with Crippen LogP contribution >= 0.6 is 0 Å². The minimum absolute atomic E-state index is 0.215. The van der Waals surface area contributed by atoms with E-state index in [9.17, 15) is 22.8 Å². The van der Waals surface area contributed by atoms with E-state index in [0.29, 0.717) is 6.54 Å². The first-order valence-corrected chi connectivity index (χ1v) is 7.47. The van der Waals surface area contributed by atoms with Crippen molar-refractivity contribution in [3.8, 4) is 0 Å². The Bertz CT molecular complexity index is 527. The number of carbonyl (C=O) groups is 2. The minimum atomic E-state index is -4.43. The molecule has 0 atom stereocenters. The first-order valence-electron chi connectivity index (χ1n) is 7.47. The van der Waals surface area contributed by atoms with Gasteiger partial charge >= 0.3 is 6.18 Å². The fraction of sp³-hybridized carbons (Fsp3) is 0.500. The van der Waals surface area contributed by atoms with Gasteiger partial charge in [0, 0.05) is 19.2 Å². The third kappa shape index (κ3) is 6.30. The lowest BCUT2D eigenvalue weighted by atomic mass is 10.2. The molecule has 0 bridgehead atoms. The summed E-state index contributed by atoms with van der Waals surface area (Å²) in [5.41, 5.74) is -0.539. The Hall–Kier alpha value is -2.05. The predicted octanol–water partition coefficient (Wildman–Crippen LogP) is 3.36. The van der Waals surface area contributed by atoms with Crippen molar-refractivity contribution in [2.45, 2.75) is 39.3 Å². The number of unbranched alkanes of at least 4 members (excludes halogenated alkanes) is 2. The van der Waals surface area contributed by atoms with Gasteiger partial charge in [0.25, 0.3) is 0 Å². The van der Waals surface area contributed by atoms with E-state index in [0.717, 1.165) is 36.3 Å². The highest BCUT2D eigenvalue weighted by molar-refractivity contribution is 5.97. The highest BCUT2D eigenvalue weighted by Gasteiger charge is 2.30. The molecule has 1 N–H and O–H groups in total. The number of hydrogen-bond donors (Lipinski definition) is 1. The standard InChI is InChI=1S/C16H21F3N2O2/c1-3-4-5-10-20-15(23)11-21(12(2)22)14-8-6-13(7-9-14)16(17,18)19/h6-9H,3-5,10-11H2,1-2H3,(H,20,23). The Morgan fingerprint density at radius 2 is 1.74 bits per heavy atom. The Morgan fingerprint density at radius 3 is 2.22 bits per heavy atom. The van der Waals surface area contributed by atoms with Gasteiger partial charge in [-0.2, -0.15) is 13.2 Å². The summed E-state index contributed by atoms with van der Waals surface area (Å²) in [6.07, 6.45) is -1.56. The molecule has 0 saturated heterocycles. The van der Waals surface area contributed by atoms with Crippen molar-refractivity contribution in [3.05, 3.63) is 29.8 Å². The summed E-state index contributed by atoms with van der Waals surface area (Å²) in [5.74, 6) is -0.746. The van der Waals surface area contributed by atoms with Crippen LogP contribution in [-0.2, 0) is 15.8 Å². The third-order valence-corrected chi connectivity index (χ3v) is 3.29. The van der Waals surface area contributed by atoms with Gasteiger partial charge in [0.2, 0.25) is 11.8 Å². The van der Waals surface area contributed by atoms with Crippen LogP contribution < -0.4 is 10.2 Å². The zero-order valence-corrected chi connectivity index (χ0v) is 13.2. The summed E-state index contributed by atoms with van der Waals surface area (Å²) in [6.45, 7) is 3.62. The molecule has 0 fully saturated rings. The van der Waals surface area contributed by atoms with Gasteiger partial charge in [-0.25, -0.2) is 0 Å². The van der Waals surface area contributed by atoms with Crippen molar-refractivity contribution < 1.29 is 22.8 Å². The summed E-state index contributed by atoms with van der Waals surface area (Å²) < 4.78 is 37.6. The number of halogens is 3. The summed E-state index contributed by atoms with van der Waals surface area (Å²) in [6, 6.07) is 4.16. The molecule has 1 aromatic carbocycles. The molecule has 0 radical (unpaired) electrons. The molecule has 0 aromatic heterocycles. The van der Waals surface area contributed by atoms with E-state index in [4.69, 9.17) is 0 Å². The van der Waals surface area contributed by atoms with Crippen molar-refractivity contribution in [3.63, 3.8) is 0 Å². The zero-order chi connectivity index (χ0) is 17.5. The second kappa shape index (κ2) is 8.55. The van der Waals surface area contributed by atoms with Gasteiger partial charge in [-0.05, 0) is 30.7 Å². The number of hydrogen-bond acceptors (Lipinski definition) is 2. The lowest BCUT2D eigenvalue weighted by molar-refractivity contribution is -0.137. The van der Waals surface area contributed by atoms with E-state index in [1.54, 1.807) is 0 Å². The van der Waals surface area contributed by atoms with E-state index >= 15 is 0 Å². The number of rotatable bonds is 7. The van der Waals surface area contributed by atoms with Crippen LogP contribution in [-0.4, -0.2) is 24.9 Å². The van der Waals surface area contributed by atoms with Crippen molar-refractivity contribution in [1.29, 1.82) is 0 Å². The second-order valence-corrected chi connectivity index (χ2v) is 5.21. The predicted molar refractivity (Wildman–Crippen MR) is 82.0 cm³/mol. The Morgan fingerprint density at radius 1 is 1.13 bits per heavy atom. The lowest BCUT2D eigenvalue weighted by Gasteiger charge is -2.21. The summed E-state index contributed by atoms with van der Waals surface area (Å²) in [4.78, 5) is 24.6. The molecule has 128 valence electrons. The van der Waals surface area contributed by atoms with Crippen LogP contribution in [0.3, 0.4) is 0 Å². The molecule has 1 aromatic rings. The number of alkyl halides is 3. The first-order chi connectivity index (χ1) is 10.8. The molecule has 0 saturated carbocycles. The molecule has 1 rings (SSSR count). The zero-order valence-electron chi connectivity index (χ0n) is 13.2. The van der Waals surface area contributed by atoms with Crippen molar-refractivity contribution in [2.75, 3.05) is 18.0 Å². The SMILES string of the molecule is CCCCCNC(=O)CN(C(C)=O)c1ccc(C(F)(F)F)cc1. The van der Waals surface area contributed by atoms with Crippen LogP contribution in [0, 0.1) is 0 Å². The summed E-state index contributed by atoms with van der Waals surface area (Å²) in [7, 11) is 0. The largest absolute Gasteiger partial charge is 0.416 e. The third-order valence-electron chi connectivity index (χ3n) is 3.29. The molecule has 0 aliphatic rings. The minimum Gasteiger partial charge on any atom is -0.355 e. The van der Waals surface area contributed by atoms with E-state index < -0.39 is 17.6 Å². The van der Waals surface area contributed by atoms with E-state index in [1.807, 2.05) is 6.92 Å². The highest BCUT2D eigenvalue weighted by Crippen LogP contribution is 2.30. The van der Waals surface area contributed by atoms with Crippen LogP contribution in [0.1, 0.15) is 38.7 Å². The van der Waals surface area contributed by atoms with E-state index in [2.05, 4.69) is 5.32 Å². The number of carbonyl (C=O) groups excluding carboxylic acids is 2. The number of anilines is 1. The number of amides is 2. The lowest BCUT2D eigenvalue weighted by Crippen LogP contribution is -2.40. The van der Waals surface area contributed by atoms with Crippen LogP contribution in [0.2, 0.25) is 0 Å². The topological polar surface area (TPSA) is 49.4 Å². The Labute approximate surface area is 133 Å². The van der Waals surface area contributed by atoms with Gasteiger partial charge < -0.3 is 10.2 Å². The average Bonchev–Trinajstić information content (AvgIpc) is 2.48. The molecule has 0 heterocycles. The molecule has 23 heavy (non-hydrogen) atoms. The Balaban J connectivity index is 2.71. The molecule has 0 aliphatic carbocycles. The first kappa shape index (κ1) is 19.0. The molecule has 7 heteroatoms. The quantitative estimate of drug-likeness (QED) is 0.779. The maximum atomic E-state index is 12.5. The summed E-state index contributed by atoms with van der Waals surface area (Å²) in [5, 5.41) is 2.70.